The topological polar surface area (TPSA) is 75.1 Å². The molecular formula is C24H17FN2O3. The van der Waals surface area contributed by atoms with Crippen molar-refractivity contribution in [2.75, 3.05) is 0 Å². The number of phenols is 1. The summed E-state index contributed by atoms with van der Waals surface area (Å²) >= 11 is 0. The lowest BCUT2D eigenvalue weighted by atomic mass is 10.1. The molecule has 4 aromatic rings. The minimum absolute atomic E-state index is 0.128. The van der Waals surface area contributed by atoms with Crippen molar-refractivity contribution in [2.24, 2.45) is 0 Å². The lowest BCUT2D eigenvalue weighted by molar-refractivity contribution is 0.104. The molecule has 5 nitrogen and oxygen atoms in total. The minimum Gasteiger partial charge on any atom is -0.508 e. The fraction of sp³-hybridized carbons (Fsp3) is 0. The number of hydrogen-bond acceptors (Lipinski definition) is 3. The van der Waals surface area contributed by atoms with E-state index in [4.69, 9.17) is 0 Å². The molecule has 2 N–H and O–H groups in total. The Balaban J connectivity index is 1.66. The molecule has 6 heteroatoms. The summed E-state index contributed by atoms with van der Waals surface area (Å²) in [6, 6.07) is 19.0. The number of ketones is 1. The Morgan fingerprint density at radius 1 is 1.00 bits per heavy atom. The van der Waals surface area contributed by atoms with Crippen molar-refractivity contribution in [2.45, 2.75) is 0 Å². The largest absolute Gasteiger partial charge is 0.508 e. The Morgan fingerprint density at radius 2 is 1.73 bits per heavy atom. The van der Waals surface area contributed by atoms with Crippen LogP contribution < -0.4 is 5.69 Å². The fourth-order valence-electron chi connectivity index (χ4n) is 3.11. The maximum atomic E-state index is 13.0. The Kier molecular flexibility index (Phi) is 5.13. The summed E-state index contributed by atoms with van der Waals surface area (Å²) in [5.74, 6) is -0.452. The quantitative estimate of drug-likeness (QED) is 0.381. The van der Waals surface area contributed by atoms with Crippen LogP contribution in [0.25, 0.3) is 23.0 Å². The normalized spacial score (nSPS) is 11.1. The monoisotopic (exact) mass is 400 g/mol. The lowest BCUT2D eigenvalue weighted by Crippen LogP contribution is -2.16. The zero-order valence-electron chi connectivity index (χ0n) is 15.7. The number of aromatic hydroxyl groups is 1. The molecule has 0 aliphatic carbocycles. The SMILES string of the molecule is O=C(C=Cc1ccc(F)cc1)c1cccc(-n2c(-c3ccc(O)cc3)c[nH]c2=O)c1. The van der Waals surface area contributed by atoms with Gasteiger partial charge < -0.3 is 10.1 Å². The van der Waals surface area contributed by atoms with Gasteiger partial charge in [-0.15, -0.1) is 0 Å². The predicted octanol–water partition coefficient (Wildman–Crippen LogP) is 4.57. The molecule has 0 aliphatic heterocycles. The van der Waals surface area contributed by atoms with E-state index in [1.807, 2.05) is 0 Å². The summed E-state index contributed by atoms with van der Waals surface area (Å²) in [4.78, 5) is 27.7. The van der Waals surface area contributed by atoms with Gasteiger partial charge in [0.1, 0.15) is 11.6 Å². The average Bonchev–Trinajstić information content (AvgIpc) is 3.15. The number of hydrogen-bond donors (Lipinski definition) is 2. The van der Waals surface area contributed by atoms with Gasteiger partial charge in [0.2, 0.25) is 0 Å². The average molecular weight is 400 g/mol. The van der Waals surface area contributed by atoms with Crippen LogP contribution in [0.3, 0.4) is 0 Å². The third-order valence-corrected chi connectivity index (χ3v) is 4.63. The molecule has 0 aliphatic rings. The van der Waals surface area contributed by atoms with Crippen LogP contribution in [-0.2, 0) is 0 Å². The Bertz CT molecular complexity index is 1280. The molecule has 0 saturated heterocycles. The van der Waals surface area contributed by atoms with E-state index in [1.165, 1.54) is 34.9 Å². The van der Waals surface area contributed by atoms with E-state index in [2.05, 4.69) is 4.98 Å². The van der Waals surface area contributed by atoms with Crippen molar-refractivity contribution in [3.63, 3.8) is 0 Å². The molecule has 0 atom stereocenters. The van der Waals surface area contributed by atoms with Gasteiger partial charge in [0.15, 0.2) is 5.78 Å². The first-order chi connectivity index (χ1) is 14.5. The van der Waals surface area contributed by atoms with Gasteiger partial charge in [0.25, 0.3) is 0 Å². The molecule has 30 heavy (non-hydrogen) atoms. The van der Waals surface area contributed by atoms with Crippen molar-refractivity contribution in [3.05, 3.63) is 112 Å². The second kappa shape index (κ2) is 8.05. The first kappa shape index (κ1) is 19.1. The zero-order chi connectivity index (χ0) is 21.1. The molecule has 4 rings (SSSR count). The van der Waals surface area contributed by atoms with E-state index in [0.717, 1.165) is 5.56 Å². The summed E-state index contributed by atoms with van der Waals surface area (Å²) < 4.78 is 14.5. The van der Waals surface area contributed by atoms with Crippen molar-refractivity contribution >= 4 is 11.9 Å². The van der Waals surface area contributed by atoms with Crippen molar-refractivity contribution in [3.8, 4) is 22.7 Å². The molecule has 1 heterocycles. The number of benzene rings is 3. The number of allylic oxidation sites excluding steroid dienone is 1. The third kappa shape index (κ3) is 3.98. The van der Waals surface area contributed by atoms with Crippen LogP contribution in [0.1, 0.15) is 15.9 Å². The number of nitrogens with one attached hydrogen (secondary N) is 1. The molecule has 0 saturated carbocycles. The molecule has 1 aromatic heterocycles. The number of rotatable bonds is 5. The smallest absolute Gasteiger partial charge is 0.330 e. The van der Waals surface area contributed by atoms with Crippen LogP contribution in [0.5, 0.6) is 5.75 Å². The van der Waals surface area contributed by atoms with E-state index in [0.29, 0.717) is 22.5 Å². The van der Waals surface area contributed by atoms with Gasteiger partial charge in [-0.3, -0.25) is 9.36 Å². The number of H-pyrrole nitrogens is 1. The van der Waals surface area contributed by atoms with E-state index in [-0.39, 0.29) is 23.0 Å². The van der Waals surface area contributed by atoms with Crippen LogP contribution in [0.15, 0.2) is 89.9 Å². The third-order valence-electron chi connectivity index (χ3n) is 4.63. The maximum Gasteiger partial charge on any atom is 0.330 e. The van der Waals surface area contributed by atoms with Crippen LogP contribution in [-0.4, -0.2) is 20.4 Å². The molecular weight excluding hydrogens is 383 g/mol. The second-order valence-corrected chi connectivity index (χ2v) is 6.66. The summed E-state index contributed by atoms with van der Waals surface area (Å²) in [6.07, 6.45) is 4.60. The molecule has 3 aromatic carbocycles. The van der Waals surface area contributed by atoms with Crippen LogP contribution in [0, 0.1) is 5.82 Å². The predicted molar refractivity (Wildman–Crippen MR) is 113 cm³/mol. The van der Waals surface area contributed by atoms with Crippen molar-refractivity contribution in [1.82, 2.24) is 9.55 Å². The number of carbonyl (C=O) groups is 1. The van der Waals surface area contributed by atoms with Crippen molar-refractivity contribution in [1.29, 1.82) is 0 Å². The Morgan fingerprint density at radius 3 is 2.47 bits per heavy atom. The Hall–Kier alpha value is -4.19. The maximum absolute atomic E-state index is 13.0. The molecule has 148 valence electrons. The first-order valence-corrected chi connectivity index (χ1v) is 9.19. The van der Waals surface area contributed by atoms with Gasteiger partial charge in [-0.1, -0.05) is 30.3 Å². The van der Waals surface area contributed by atoms with Gasteiger partial charge in [-0.25, -0.2) is 9.18 Å². The van der Waals surface area contributed by atoms with E-state index < -0.39 is 0 Å². The number of aromatic nitrogens is 2. The Labute approximate surface area is 171 Å². The zero-order valence-corrected chi connectivity index (χ0v) is 15.7. The van der Waals surface area contributed by atoms with E-state index >= 15 is 0 Å². The number of carbonyl (C=O) groups excluding carboxylic acids is 1. The summed E-state index contributed by atoms with van der Waals surface area (Å²) in [6.45, 7) is 0. The van der Waals surface area contributed by atoms with Gasteiger partial charge in [-0.05, 0) is 60.2 Å². The minimum atomic E-state index is -0.343. The molecule has 0 fully saturated rings. The highest BCUT2D eigenvalue weighted by molar-refractivity contribution is 6.07. The summed E-state index contributed by atoms with van der Waals surface area (Å²) in [5, 5.41) is 9.50. The van der Waals surface area contributed by atoms with E-state index in [9.17, 15) is 19.1 Å². The van der Waals surface area contributed by atoms with Crippen LogP contribution in [0.2, 0.25) is 0 Å². The lowest BCUT2D eigenvalue weighted by Gasteiger charge is -2.09. The van der Waals surface area contributed by atoms with Crippen LogP contribution >= 0.6 is 0 Å². The van der Waals surface area contributed by atoms with Crippen molar-refractivity contribution < 1.29 is 14.3 Å². The summed E-state index contributed by atoms with van der Waals surface area (Å²) in [5.41, 5.74) is 2.65. The van der Waals surface area contributed by atoms with Gasteiger partial charge in [0, 0.05) is 17.3 Å². The van der Waals surface area contributed by atoms with Gasteiger partial charge >= 0.3 is 5.69 Å². The molecule has 0 amide bonds. The number of phenolic OH excluding ortho intramolecular Hbond substituents is 1. The summed E-state index contributed by atoms with van der Waals surface area (Å²) in [7, 11) is 0. The highest BCUT2D eigenvalue weighted by Crippen LogP contribution is 2.23. The standard InChI is InChI=1S/C24H17FN2O3/c25-19-9-4-16(5-10-19)6-13-23(29)18-2-1-3-20(14-18)27-22(15-26-24(27)30)17-7-11-21(28)12-8-17/h1-15,28H,(H,26,30). The van der Waals surface area contributed by atoms with Gasteiger partial charge in [0.05, 0.1) is 11.4 Å². The molecule has 0 spiro atoms. The second-order valence-electron chi connectivity index (χ2n) is 6.66. The van der Waals surface area contributed by atoms with Crippen LogP contribution in [0.4, 0.5) is 4.39 Å². The fourth-order valence-corrected chi connectivity index (χ4v) is 3.11. The number of aromatic amines is 1. The molecule has 0 bridgehead atoms. The molecule has 0 radical (unpaired) electrons. The molecule has 0 unspecified atom stereocenters. The highest BCUT2D eigenvalue weighted by Gasteiger charge is 2.12. The first-order valence-electron chi connectivity index (χ1n) is 9.19. The van der Waals surface area contributed by atoms with Gasteiger partial charge in [-0.2, -0.15) is 0 Å². The number of halogens is 1. The number of nitrogens with zero attached hydrogens (tertiary/aromatic N) is 1. The number of imidazole rings is 1. The van der Waals surface area contributed by atoms with E-state index in [1.54, 1.807) is 60.8 Å². The highest BCUT2D eigenvalue weighted by atomic mass is 19.1.